The first kappa shape index (κ1) is 16.8. The van der Waals surface area contributed by atoms with Crippen LogP contribution in [0.3, 0.4) is 0 Å². The Morgan fingerprint density at radius 1 is 1.06 bits per heavy atom. The van der Waals surface area contributed by atoms with E-state index >= 15 is 0 Å². The van der Waals surface area contributed by atoms with Gasteiger partial charge in [0.2, 0.25) is 0 Å². The molecule has 0 fully saturated rings. The zero-order chi connectivity index (χ0) is 13.3. The molecule has 0 aliphatic rings. The zero-order valence-corrected chi connectivity index (χ0v) is 12.0. The molecule has 4 nitrogen and oxygen atoms in total. The molecule has 0 aliphatic heterocycles. The highest BCUT2D eigenvalue weighted by atomic mass is 16.6. The highest BCUT2D eigenvalue weighted by Crippen LogP contribution is 2.28. The highest BCUT2D eigenvalue weighted by molar-refractivity contribution is 4.80. The molecule has 0 spiro atoms. The lowest BCUT2D eigenvalue weighted by Gasteiger charge is -2.34. The summed E-state index contributed by atoms with van der Waals surface area (Å²) in [5, 5.41) is 0. The van der Waals surface area contributed by atoms with Gasteiger partial charge in [-0.1, -0.05) is 13.8 Å². The Bertz CT molecular complexity index is 186. The summed E-state index contributed by atoms with van der Waals surface area (Å²) >= 11 is 0. The second-order valence-electron chi connectivity index (χ2n) is 5.41. The normalized spacial score (nSPS) is 15.5. The molecule has 0 amide bonds. The van der Waals surface area contributed by atoms with Crippen LogP contribution in [0.25, 0.3) is 0 Å². The zero-order valence-electron chi connectivity index (χ0n) is 12.0. The largest absolute Gasteiger partial charge is 0.381 e. The molecule has 4 heteroatoms. The first-order chi connectivity index (χ1) is 7.95. The van der Waals surface area contributed by atoms with Gasteiger partial charge in [-0.25, -0.2) is 5.90 Å². The van der Waals surface area contributed by atoms with Crippen LogP contribution in [0.2, 0.25) is 0 Å². The minimum Gasteiger partial charge on any atom is -0.381 e. The van der Waals surface area contributed by atoms with E-state index in [1.165, 1.54) is 0 Å². The predicted molar refractivity (Wildman–Crippen MR) is 69.6 cm³/mol. The van der Waals surface area contributed by atoms with E-state index in [9.17, 15) is 0 Å². The first-order valence-corrected chi connectivity index (χ1v) is 6.47. The highest BCUT2D eigenvalue weighted by Gasteiger charge is 2.32. The van der Waals surface area contributed by atoms with Crippen molar-refractivity contribution in [1.29, 1.82) is 0 Å². The fraction of sp³-hybridized carbons (Fsp3) is 1.00. The molecule has 0 aromatic heterocycles. The maximum Gasteiger partial charge on any atom is 0.0779 e. The standard InChI is InChI=1S/C13H29NO3/c1-6-15-8-13(10-17-14,7-11(2)3)9-16-12(4)5/h11-12H,6-10,14H2,1-5H3. The maximum atomic E-state index is 5.74. The van der Waals surface area contributed by atoms with E-state index in [2.05, 4.69) is 13.8 Å². The number of ether oxygens (including phenoxy) is 2. The summed E-state index contributed by atoms with van der Waals surface area (Å²) in [5.74, 6) is 5.81. The fourth-order valence-electron chi connectivity index (χ4n) is 2.01. The lowest BCUT2D eigenvalue weighted by atomic mass is 9.82. The van der Waals surface area contributed by atoms with E-state index in [4.69, 9.17) is 20.2 Å². The van der Waals surface area contributed by atoms with Crippen LogP contribution in [0, 0.1) is 11.3 Å². The van der Waals surface area contributed by atoms with Gasteiger partial charge in [0.05, 0.1) is 25.9 Å². The Morgan fingerprint density at radius 2 is 1.71 bits per heavy atom. The van der Waals surface area contributed by atoms with Gasteiger partial charge in [-0.3, -0.25) is 0 Å². The maximum absolute atomic E-state index is 5.74. The van der Waals surface area contributed by atoms with E-state index < -0.39 is 0 Å². The van der Waals surface area contributed by atoms with Crippen LogP contribution in [0.4, 0.5) is 0 Å². The molecule has 0 radical (unpaired) electrons. The van der Waals surface area contributed by atoms with Gasteiger partial charge in [0.25, 0.3) is 0 Å². The average Bonchev–Trinajstić information content (AvgIpc) is 2.23. The van der Waals surface area contributed by atoms with Crippen LogP contribution in [0.5, 0.6) is 0 Å². The monoisotopic (exact) mass is 247 g/mol. The Balaban J connectivity index is 4.55. The molecule has 17 heavy (non-hydrogen) atoms. The lowest BCUT2D eigenvalue weighted by molar-refractivity contribution is -0.0895. The molecule has 0 aliphatic carbocycles. The van der Waals surface area contributed by atoms with Gasteiger partial charge in [-0.05, 0) is 33.1 Å². The van der Waals surface area contributed by atoms with Crippen LogP contribution in [-0.2, 0) is 14.3 Å². The molecule has 1 unspecified atom stereocenters. The summed E-state index contributed by atoms with van der Waals surface area (Å²) in [4.78, 5) is 4.88. The van der Waals surface area contributed by atoms with Crippen molar-refractivity contribution in [2.45, 2.75) is 47.1 Å². The summed E-state index contributed by atoms with van der Waals surface area (Å²) in [6.45, 7) is 12.9. The summed E-state index contributed by atoms with van der Waals surface area (Å²) in [6.07, 6.45) is 1.19. The molecule has 1 atom stereocenters. The van der Waals surface area contributed by atoms with Gasteiger partial charge < -0.3 is 14.3 Å². The molecule has 0 heterocycles. The quantitative estimate of drug-likeness (QED) is 0.602. The molecular formula is C13H29NO3. The van der Waals surface area contributed by atoms with Crippen molar-refractivity contribution < 1.29 is 14.3 Å². The van der Waals surface area contributed by atoms with Crippen LogP contribution in [0.15, 0.2) is 0 Å². The Morgan fingerprint density at radius 3 is 2.12 bits per heavy atom. The number of nitrogens with two attached hydrogens (primary N) is 1. The number of rotatable bonds is 10. The SMILES string of the molecule is CCOCC(CON)(COC(C)C)CC(C)C. The Kier molecular flexibility index (Phi) is 8.78. The van der Waals surface area contributed by atoms with E-state index in [-0.39, 0.29) is 11.5 Å². The number of hydrogen-bond donors (Lipinski definition) is 1. The van der Waals surface area contributed by atoms with Gasteiger partial charge >= 0.3 is 0 Å². The van der Waals surface area contributed by atoms with Gasteiger partial charge in [-0.15, -0.1) is 0 Å². The minimum absolute atomic E-state index is 0.136. The average molecular weight is 247 g/mol. The van der Waals surface area contributed by atoms with Gasteiger partial charge in [0.15, 0.2) is 0 Å². The molecule has 0 aromatic carbocycles. The summed E-state index contributed by atoms with van der Waals surface area (Å²) < 4.78 is 11.3. The molecule has 0 bridgehead atoms. The van der Waals surface area contributed by atoms with E-state index in [0.29, 0.717) is 32.3 Å². The molecular weight excluding hydrogens is 218 g/mol. The van der Waals surface area contributed by atoms with E-state index in [1.54, 1.807) is 0 Å². The topological polar surface area (TPSA) is 53.7 Å². The molecule has 104 valence electrons. The Hall–Kier alpha value is -0.160. The third-order valence-corrected chi connectivity index (χ3v) is 2.57. The van der Waals surface area contributed by atoms with Crippen LogP contribution in [-0.4, -0.2) is 32.5 Å². The van der Waals surface area contributed by atoms with Crippen molar-refractivity contribution >= 4 is 0 Å². The summed E-state index contributed by atoms with van der Waals surface area (Å²) in [6, 6.07) is 0. The van der Waals surface area contributed by atoms with E-state index in [1.807, 2.05) is 20.8 Å². The van der Waals surface area contributed by atoms with Gasteiger partial charge in [0.1, 0.15) is 0 Å². The predicted octanol–water partition coefficient (Wildman–Crippen LogP) is 2.37. The third kappa shape index (κ3) is 7.71. The fourth-order valence-corrected chi connectivity index (χ4v) is 2.01. The van der Waals surface area contributed by atoms with Crippen molar-refractivity contribution in [3.63, 3.8) is 0 Å². The van der Waals surface area contributed by atoms with E-state index in [0.717, 1.165) is 6.42 Å². The van der Waals surface area contributed by atoms with Crippen molar-refractivity contribution in [1.82, 2.24) is 0 Å². The van der Waals surface area contributed by atoms with Crippen molar-refractivity contribution in [3.8, 4) is 0 Å². The second-order valence-corrected chi connectivity index (χ2v) is 5.41. The van der Waals surface area contributed by atoms with Crippen LogP contribution in [0.1, 0.15) is 41.0 Å². The van der Waals surface area contributed by atoms with Crippen molar-refractivity contribution in [2.75, 3.05) is 26.4 Å². The second kappa shape index (κ2) is 8.86. The summed E-state index contributed by atoms with van der Waals surface area (Å²) in [5.41, 5.74) is -0.136. The van der Waals surface area contributed by atoms with Crippen molar-refractivity contribution in [2.24, 2.45) is 17.2 Å². The lowest BCUT2D eigenvalue weighted by Crippen LogP contribution is -2.40. The Labute approximate surface area is 106 Å². The summed E-state index contributed by atoms with van der Waals surface area (Å²) in [7, 11) is 0. The molecule has 0 saturated heterocycles. The van der Waals surface area contributed by atoms with Crippen LogP contribution >= 0.6 is 0 Å². The third-order valence-electron chi connectivity index (χ3n) is 2.57. The van der Waals surface area contributed by atoms with Gasteiger partial charge in [-0.2, -0.15) is 0 Å². The molecule has 0 rings (SSSR count). The van der Waals surface area contributed by atoms with Crippen LogP contribution < -0.4 is 5.90 Å². The molecule has 0 saturated carbocycles. The van der Waals surface area contributed by atoms with Crippen molar-refractivity contribution in [3.05, 3.63) is 0 Å². The molecule has 2 N–H and O–H groups in total. The molecule has 0 aromatic rings. The number of hydrogen-bond acceptors (Lipinski definition) is 4. The first-order valence-electron chi connectivity index (χ1n) is 6.47. The smallest absolute Gasteiger partial charge is 0.0779 e. The minimum atomic E-state index is -0.136. The van der Waals surface area contributed by atoms with Gasteiger partial charge in [0, 0.05) is 12.0 Å².